The van der Waals surface area contributed by atoms with Crippen LogP contribution in [0.3, 0.4) is 0 Å². The summed E-state index contributed by atoms with van der Waals surface area (Å²) in [6, 6.07) is 23.0. The van der Waals surface area contributed by atoms with E-state index in [0.717, 1.165) is 43.5 Å². The van der Waals surface area contributed by atoms with Gasteiger partial charge in [-0.25, -0.2) is 9.18 Å². The van der Waals surface area contributed by atoms with E-state index >= 15 is 0 Å². The maximum absolute atomic E-state index is 13.3. The summed E-state index contributed by atoms with van der Waals surface area (Å²) in [6.45, 7) is 3.29. The van der Waals surface area contributed by atoms with Gasteiger partial charge in [0.2, 0.25) is 0 Å². The Morgan fingerprint density at radius 1 is 0.974 bits per heavy atom. The van der Waals surface area contributed by atoms with Crippen LogP contribution in [0.2, 0.25) is 0 Å². The van der Waals surface area contributed by atoms with Crippen LogP contribution in [0.5, 0.6) is 0 Å². The molecule has 1 aliphatic rings. The van der Waals surface area contributed by atoms with Crippen molar-refractivity contribution in [1.82, 2.24) is 10.2 Å². The Kier molecular flexibility index (Phi) is 9.62. The van der Waals surface area contributed by atoms with E-state index < -0.39 is 12.1 Å². The van der Waals surface area contributed by atoms with E-state index in [4.69, 9.17) is 0 Å². The monoisotopic (exact) mass is 517 g/mol. The predicted octanol–water partition coefficient (Wildman–Crippen LogP) is 5.08. The fourth-order valence-corrected chi connectivity index (χ4v) is 5.13. The summed E-state index contributed by atoms with van der Waals surface area (Å²) in [4.78, 5) is 26.5. The van der Waals surface area contributed by atoms with E-state index in [-0.39, 0.29) is 24.2 Å². The first-order chi connectivity index (χ1) is 18.4. The molecule has 0 aromatic heterocycles. The Balaban J connectivity index is 1.34. The first-order valence-electron chi connectivity index (χ1n) is 13.2. The molecule has 0 radical (unpaired) electrons. The average Bonchev–Trinajstić information content (AvgIpc) is 2.93. The number of carbonyl (C=O) groups excluding carboxylic acids is 2. The minimum absolute atomic E-state index is 0.0744. The minimum atomic E-state index is -0.766. The highest BCUT2D eigenvalue weighted by atomic mass is 19.1. The number of nitrogens with zero attached hydrogens (tertiary/aromatic N) is 1. The number of Topliss-reactive ketones (excluding diaryl/α,β-unsaturated/α-hetero) is 1. The fraction of sp³-hybridized carbons (Fsp3) is 0.355. The molecule has 3 N–H and O–H groups in total. The zero-order valence-electron chi connectivity index (χ0n) is 21.8. The van der Waals surface area contributed by atoms with Crippen LogP contribution in [0.1, 0.15) is 41.3 Å². The summed E-state index contributed by atoms with van der Waals surface area (Å²) >= 11 is 0. The molecule has 2 unspecified atom stereocenters. The number of aliphatic hydroxyl groups excluding tert-OH is 1. The van der Waals surface area contributed by atoms with Crippen LogP contribution in [0.15, 0.2) is 78.9 Å². The van der Waals surface area contributed by atoms with Gasteiger partial charge in [-0.05, 0) is 87.0 Å². The molecule has 0 aliphatic carbocycles. The van der Waals surface area contributed by atoms with Gasteiger partial charge in [0, 0.05) is 23.8 Å². The molecule has 2 amide bonds. The van der Waals surface area contributed by atoms with Gasteiger partial charge < -0.3 is 15.7 Å². The van der Waals surface area contributed by atoms with E-state index in [2.05, 4.69) is 27.7 Å². The van der Waals surface area contributed by atoms with Gasteiger partial charge in [-0.1, -0.05) is 54.6 Å². The number of amides is 2. The topological polar surface area (TPSA) is 81.7 Å². The molecule has 1 heterocycles. The molecule has 1 fully saturated rings. The number of halogens is 1. The summed E-state index contributed by atoms with van der Waals surface area (Å²) in [6.07, 6.45) is 2.82. The molecule has 2 atom stereocenters. The van der Waals surface area contributed by atoms with Gasteiger partial charge in [0.25, 0.3) is 0 Å². The van der Waals surface area contributed by atoms with Gasteiger partial charge >= 0.3 is 6.03 Å². The fourth-order valence-electron chi connectivity index (χ4n) is 5.13. The van der Waals surface area contributed by atoms with Crippen LogP contribution in [0, 0.1) is 11.7 Å². The molecule has 0 spiro atoms. The third-order valence-electron chi connectivity index (χ3n) is 7.29. The highest BCUT2D eigenvalue weighted by molar-refractivity contribution is 5.96. The van der Waals surface area contributed by atoms with E-state index in [1.54, 1.807) is 24.3 Å². The Morgan fingerprint density at radius 2 is 1.68 bits per heavy atom. The van der Waals surface area contributed by atoms with Crippen molar-refractivity contribution in [3.63, 3.8) is 0 Å². The number of aliphatic hydroxyl groups is 1. The van der Waals surface area contributed by atoms with Crippen molar-refractivity contribution in [3.05, 3.63) is 101 Å². The van der Waals surface area contributed by atoms with E-state index in [1.165, 1.54) is 19.1 Å². The lowest BCUT2D eigenvalue weighted by Gasteiger charge is -2.40. The van der Waals surface area contributed by atoms with Crippen molar-refractivity contribution < 1.29 is 19.1 Å². The molecule has 1 aliphatic heterocycles. The quantitative estimate of drug-likeness (QED) is 0.328. The Labute approximate surface area is 223 Å². The SMILES string of the molecule is CC(=O)c1cccc(NC(=O)NCC(O)C(Cc2ccccc2)N2CCC(Cc3ccc(F)cc3)CC2)c1. The van der Waals surface area contributed by atoms with Crippen LogP contribution < -0.4 is 10.6 Å². The Morgan fingerprint density at radius 3 is 2.37 bits per heavy atom. The van der Waals surface area contributed by atoms with E-state index in [0.29, 0.717) is 23.6 Å². The van der Waals surface area contributed by atoms with Crippen molar-refractivity contribution in [1.29, 1.82) is 0 Å². The smallest absolute Gasteiger partial charge is 0.319 e. The van der Waals surface area contributed by atoms with Gasteiger partial charge in [0.05, 0.1) is 6.10 Å². The molecule has 3 aromatic rings. The number of anilines is 1. The number of urea groups is 1. The van der Waals surface area contributed by atoms with Gasteiger partial charge in [0.1, 0.15) is 5.82 Å². The molecular weight excluding hydrogens is 481 g/mol. The molecule has 4 rings (SSSR count). The summed E-state index contributed by atoms with van der Waals surface area (Å²) in [7, 11) is 0. The normalized spacial score (nSPS) is 16.0. The summed E-state index contributed by atoms with van der Waals surface area (Å²) in [5.74, 6) is 0.226. The third kappa shape index (κ3) is 7.97. The van der Waals surface area contributed by atoms with Crippen LogP contribution in [-0.4, -0.2) is 53.6 Å². The van der Waals surface area contributed by atoms with E-state index in [1.807, 2.05) is 30.3 Å². The second-order valence-corrected chi connectivity index (χ2v) is 10.1. The molecule has 38 heavy (non-hydrogen) atoms. The van der Waals surface area contributed by atoms with Crippen LogP contribution in [0.4, 0.5) is 14.9 Å². The van der Waals surface area contributed by atoms with Crippen LogP contribution in [-0.2, 0) is 12.8 Å². The number of piperidine rings is 1. The zero-order chi connectivity index (χ0) is 26.9. The number of hydrogen-bond donors (Lipinski definition) is 3. The maximum atomic E-state index is 13.3. The summed E-state index contributed by atoms with van der Waals surface area (Å²) in [5, 5.41) is 16.7. The van der Waals surface area contributed by atoms with Crippen molar-refractivity contribution >= 4 is 17.5 Å². The minimum Gasteiger partial charge on any atom is -0.390 e. The first-order valence-corrected chi connectivity index (χ1v) is 13.2. The zero-order valence-corrected chi connectivity index (χ0v) is 21.8. The van der Waals surface area contributed by atoms with Crippen molar-refractivity contribution in [3.8, 4) is 0 Å². The average molecular weight is 518 g/mol. The Bertz CT molecular complexity index is 1190. The summed E-state index contributed by atoms with van der Waals surface area (Å²) < 4.78 is 13.3. The number of ketones is 1. The van der Waals surface area contributed by atoms with Crippen molar-refractivity contribution in [2.24, 2.45) is 5.92 Å². The van der Waals surface area contributed by atoms with E-state index in [9.17, 15) is 19.1 Å². The lowest BCUT2D eigenvalue weighted by Crippen LogP contribution is -2.52. The molecule has 200 valence electrons. The van der Waals surface area contributed by atoms with Crippen molar-refractivity contribution in [2.45, 2.75) is 44.8 Å². The molecule has 1 saturated heterocycles. The third-order valence-corrected chi connectivity index (χ3v) is 7.29. The number of carbonyl (C=O) groups is 2. The van der Waals surface area contributed by atoms with Gasteiger partial charge in [-0.2, -0.15) is 0 Å². The van der Waals surface area contributed by atoms with Gasteiger partial charge in [0.15, 0.2) is 5.78 Å². The molecule has 6 nitrogen and oxygen atoms in total. The lowest BCUT2D eigenvalue weighted by molar-refractivity contribution is 0.0307. The largest absolute Gasteiger partial charge is 0.390 e. The highest BCUT2D eigenvalue weighted by Gasteiger charge is 2.30. The van der Waals surface area contributed by atoms with Gasteiger partial charge in [-0.3, -0.25) is 9.69 Å². The predicted molar refractivity (Wildman–Crippen MR) is 148 cm³/mol. The number of hydrogen-bond acceptors (Lipinski definition) is 4. The number of rotatable bonds is 10. The standard InChI is InChI=1S/C31H36FN3O3/c1-22(36)26-8-5-9-28(20-26)34-31(38)33-21-30(37)29(19-23-6-3-2-4-7-23)35-16-14-25(15-17-35)18-24-10-12-27(32)13-11-24/h2-13,20,25,29-30,37H,14-19,21H2,1H3,(H2,33,34,38). The maximum Gasteiger partial charge on any atom is 0.319 e. The number of nitrogens with one attached hydrogen (secondary N) is 2. The highest BCUT2D eigenvalue weighted by Crippen LogP contribution is 2.25. The number of benzene rings is 3. The molecule has 3 aromatic carbocycles. The van der Waals surface area contributed by atoms with Gasteiger partial charge in [-0.15, -0.1) is 0 Å². The molecule has 7 heteroatoms. The number of likely N-dealkylation sites (tertiary alicyclic amines) is 1. The summed E-state index contributed by atoms with van der Waals surface area (Å²) in [5.41, 5.74) is 3.33. The van der Waals surface area contributed by atoms with Crippen molar-refractivity contribution in [2.75, 3.05) is 25.0 Å². The second kappa shape index (κ2) is 13.3. The second-order valence-electron chi connectivity index (χ2n) is 10.1. The molecule has 0 saturated carbocycles. The van der Waals surface area contributed by atoms with Crippen LogP contribution >= 0.6 is 0 Å². The molecule has 0 bridgehead atoms. The lowest BCUT2D eigenvalue weighted by atomic mass is 9.88. The molecular formula is C31H36FN3O3. The van der Waals surface area contributed by atoms with Crippen LogP contribution in [0.25, 0.3) is 0 Å². The first kappa shape index (κ1) is 27.5. The Hall–Kier alpha value is -3.55.